The summed E-state index contributed by atoms with van der Waals surface area (Å²) in [4.78, 5) is 27.7. The highest BCUT2D eigenvalue weighted by Crippen LogP contribution is 2.25. The van der Waals surface area contributed by atoms with E-state index in [2.05, 4.69) is 5.32 Å². The summed E-state index contributed by atoms with van der Waals surface area (Å²) in [6, 6.07) is 12.5. The number of ether oxygens (including phenoxy) is 1. The summed E-state index contributed by atoms with van der Waals surface area (Å²) in [5, 5.41) is 3.93. The SMILES string of the molecule is CCCNC(=O)[C@H](CC)N(Cc1ccc(OC)cc1)C(=O)CSCc1ccc(Cl)c(Cl)c1. The average Bonchev–Trinajstić information content (AvgIpc) is 2.80. The van der Waals surface area contributed by atoms with E-state index in [1.807, 2.05) is 50.2 Å². The first-order valence-corrected chi connectivity index (χ1v) is 12.5. The highest BCUT2D eigenvalue weighted by Gasteiger charge is 2.28. The van der Waals surface area contributed by atoms with Crippen LogP contribution in [0, 0.1) is 0 Å². The normalized spacial score (nSPS) is 11.7. The lowest BCUT2D eigenvalue weighted by Gasteiger charge is -2.30. The van der Waals surface area contributed by atoms with Crippen molar-refractivity contribution >= 4 is 46.8 Å². The van der Waals surface area contributed by atoms with E-state index >= 15 is 0 Å². The first kappa shape index (κ1) is 26.4. The largest absolute Gasteiger partial charge is 0.497 e. The van der Waals surface area contributed by atoms with Gasteiger partial charge < -0.3 is 15.0 Å². The van der Waals surface area contributed by atoms with E-state index in [-0.39, 0.29) is 17.6 Å². The van der Waals surface area contributed by atoms with Gasteiger partial charge in [0.25, 0.3) is 0 Å². The summed E-state index contributed by atoms with van der Waals surface area (Å²) in [7, 11) is 1.61. The molecule has 0 bridgehead atoms. The summed E-state index contributed by atoms with van der Waals surface area (Å²) >= 11 is 13.5. The smallest absolute Gasteiger partial charge is 0.242 e. The van der Waals surface area contributed by atoms with E-state index in [0.29, 0.717) is 35.3 Å². The number of amides is 2. The van der Waals surface area contributed by atoms with Gasteiger partial charge in [0.1, 0.15) is 11.8 Å². The van der Waals surface area contributed by atoms with Gasteiger partial charge in [0.15, 0.2) is 0 Å². The second-order valence-corrected chi connectivity index (χ2v) is 9.13. The molecule has 0 aromatic heterocycles. The Kier molecular flexibility index (Phi) is 11.2. The van der Waals surface area contributed by atoms with Gasteiger partial charge in [0.2, 0.25) is 11.8 Å². The maximum Gasteiger partial charge on any atom is 0.242 e. The Bertz CT molecular complexity index is 893. The zero-order chi connectivity index (χ0) is 23.5. The number of hydrogen-bond donors (Lipinski definition) is 1. The van der Waals surface area contributed by atoms with Crippen LogP contribution in [-0.4, -0.2) is 42.2 Å². The Labute approximate surface area is 204 Å². The quantitative estimate of drug-likeness (QED) is 0.417. The van der Waals surface area contributed by atoms with Gasteiger partial charge in [0.05, 0.1) is 22.9 Å². The van der Waals surface area contributed by atoms with E-state index in [1.54, 1.807) is 18.1 Å². The molecule has 2 aromatic rings. The highest BCUT2D eigenvalue weighted by atomic mass is 35.5. The third-order valence-corrected chi connectivity index (χ3v) is 6.65. The minimum absolute atomic E-state index is 0.0793. The molecular weight excluding hydrogens is 467 g/mol. The Balaban J connectivity index is 2.12. The van der Waals surface area contributed by atoms with E-state index < -0.39 is 6.04 Å². The summed E-state index contributed by atoms with van der Waals surface area (Å²) < 4.78 is 5.22. The summed E-state index contributed by atoms with van der Waals surface area (Å²) in [5.41, 5.74) is 1.93. The lowest BCUT2D eigenvalue weighted by molar-refractivity contribution is -0.139. The van der Waals surface area contributed by atoms with Crippen molar-refractivity contribution in [1.82, 2.24) is 10.2 Å². The second-order valence-electron chi connectivity index (χ2n) is 7.33. The molecule has 0 aliphatic rings. The molecule has 2 amide bonds. The fourth-order valence-corrected chi connectivity index (χ4v) is 4.36. The molecule has 32 heavy (non-hydrogen) atoms. The van der Waals surface area contributed by atoms with Crippen molar-refractivity contribution in [2.24, 2.45) is 0 Å². The standard InChI is InChI=1S/C24H30Cl2N2O3S/c1-4-12-27-24(30)22(5-2)28(14-17-6-9-19(31-3)10-7-17)23(29)16-32-15-18-8-11-20(25)21(26)13-18/h6-11,13,22H,4-5,12,14-16H2,1-3H3,(H,27,30)/t22-/m0/s1. The minimum atomic E-state index is -0.526. The number of carbonyl (C=O) groups excluding carboxylic acids is 2. The molecular formula is C24H30Cl2N2O3S. The zero-order valence-electron chi connectivity index (χ0n) is 18.7. The number of nitrogens with one attached hydrogen (secondary N) is 1. The maximum atomic E-state index is 13.2. The van der Waals surface area contributed by atoms with Crippen molar-refractivity contribution in [3.8, 4) is 5.75 Å². The number of methoxy groups -OCH3 is 1. The molecule has 0 aliphatic carbocycles. The Morgan fingerprint density at radius 1 is 1.06 bits per heavy atom. The van der Waals surface area contributed by atoms with Crippen LogP contribution in [0.5, 0.6) is 5.75 Å². The average molecular weight is 497 g/mol. The van der Waals surface area contributed by atoms with Crippen molar-refractivity contribution in [1.29, 1.82) is 0 Å². The van der Waals surface area contributed by atoms with Crippen molar-refractivity contribution in [3.63, 3.8) is 0 Å². The summed E-state index contributed by atoms with van der Waals surface area (Å²) in [6.07, 6.45) is 1.38. The topological polar surface area (TPSA) is 58.6 Å². The van der Waals surface area contributed by atoms with Crippen LogP contribution in [0.25, 0.3) is 0 Å². The van der Waals surface area contributed by atoms with Gasteiger partial charge >= 0.3 is 0 Å². The van der Waals surface area contributed by atoms with Crippen molar-refractivity contribution in [3.05, 3.63) is 63.6 Å². The molecule has 2 aromatic carbocycles. The number of carbonyl (C=O) groups is 2. The van der Waals surface area contributed by atoms with Gasteiger partial charge in [-0.25, -0.2) is 0 Å². The molecule has 0 heterocycles. The first-order valence-electron chi connectivity index (χ1n) is 10.6. The summed E-state index contributed by atoms with van der Waals surface area (Å²) in [5.74, 6) is 1.43. The van der Waals surface area contributed by atoms with Gasteiger partial charge in [0, 0.05) is 18.8 Å². The second kappa shape index (κ2) is 13.6. The molecule has 5 nitrogen and oxygen atoms in total. The Morgan fingerprint density at radius 3 is 2.34 bits per heavy atom. The molecule has 174 valence electrons. The van der Waals surface area contributed by atoms with E-state index in [4.69, 9.17) is 27.9 Å². The first-order chi connectivity index (χ1) is 15.4. The lowest BCUT2D eigenvalue weighted by Crippen LogP contribution is -2.49. The molecule has 0 aliphatic heterocycles. The molecule has 0 saturated carbocycles. The molecule has 0 unspecified atom stereocenters. The molecule has 1 N–H and O–H groups in total. The van der Waals surface area contributed by atoms with Crippen LogP contribution in [-0.2, 0) is 21.9 Å². The maximum absolute atomic E-state index is 13.2. The molecule has 0 radical (unpaired) electrons. The van der Waals surface area contributed by atoms with Gasteiger partial charge in [-0.3, -0.25) is 9.59 Å². The van der Waals surface area contributed by atoms with Crippen LogP contribution >= 0.6 is 35.0 Å². The van der Waals surface area contributed by atoms with Crippen LogP contribution < -0.4 is 10.1 Å². The van der Waals surface area contributed by atoms with Gasteiger partial charge in [-0.15, -0.1) is 11.8 Å². The van der Waals surface area contributed by atoms with Gasteiger partial charge in [-0.2, -0.15) is 0 Å². The fourth-order valence-electron chi connectivity index (χ4n) is 3.18. The number of hydrogen-bond acceptors (Lipinski definition) is 4. The molecule has 2 rings (SSSR count). The monoisotopic (exact) mass is 496 g/mol. The Morgan fingerprint density at radius 2 is 1.75 bits per heavy atom. The number of rotatable bonds is 12. The van der Waals surface area contributed by atoms with Crippen LogP contribution in [0.4, 0.5) is 0 Å². The van der Waals surface area contributed by atoms with E-state index in [9.17, 15) is 9.59 Å². The van der Waals surface area contributed by atoms with Crippen molar-refractivity contribution in [2.45, 2.75) is 45.0 Å². The number of benzene rings is 2. The number of nitrogens with zero attached hydrogens (tertiary/aromatic N) is 1. The van der Waals surface area contributed by atoms with Crippen molar-refractivity contribution in [2.75, 3.05) is 19.4 Å². The lowest BCUT2D eigenvalue weighted by atomic mass is 10.1. The van der Waals surface area contributed by atoms with Gasteiger partial charge in [-0.05, 0) is 48.2 Å². The minimum Gasteiger partial charge on any atom is -0.497 e. The number of halogens is 2. The predicted octanol–water partition coefficient (Wildman–Crippen LogP) is 5.57. The summed E-state index contributed by atoms with van der Waals surface area (Å²) in [6.45, 7) is 4.87. The van der Waals surface area contributed by atoms with Crippen LogP contribution in [0.15, 0.2) is 42.5 Å². The molecule has 0 fully saturated rings. The Hall–Kier alpha value is -1.89. The third-order valence-electron chi connectivity index (χ3n) is 4.93. The molecule has 1 atom stereocenters. The molecule has 0 saturated heterocycles. The predicted molar refractivity (Wildman–Crippen MR) is 134 cm³/mol. The molecule has 0 spiro atoms. The van der Waals surface area contributed by atoms with Crippen LogP contribution in [0.1, 0.15) is 37.8 Å². The molecule has 8 heteroatoms. The zero-order valence-corrected chi connectivity index (χ0v) is 21.0. The van der Waals surface area contributed by atoms with Crippen LogP contribution in [0.3, 0.4) is 0 Å². The number of thioether (sulfide) groups is 1. The van der Waals surface area contributed by atoms with Crippen molar-refractivity contribution < 1.29 is 14.3 Å². The van der Waals surface area contributed by atoms with Crippen LogP contribution in [0.2, 0.25) is 10.0 Å². The van der Waals surface area contributed by atoms with E-state index in [0.717, 1.165) is 23.3 Å². The van der Waals surface area contributed by atoms with E-state index in [1.165, 1.54) is 11.8 Å². The fraction of sp³-hybridized carbons (Fsp3) is 0.417. The highest BCUT2D eigenvalue weighted by molar-refractivity contribution is 7.99. The van der Waals surface area contributed by atoms with Gasteiger partial charge in [-0.1, -0.05) is 55.2 Å². The third kappa shape index (κ3) is 7.91.